The molecule has 0 fully saturated rings. The highest BCUT2D eigenvalue weighted by atomic mass is 35.6. The van der Waals surface area contributed by atoms with Gasteiger partial charge < -0.3 is 4.90 Å². The Labute approximate surface area is 115 Å². The SMILES string of the molecule is CN(C)c1ccc(C=NC(=O)C(Cl)(Cl)Cl)cc1. The Bertz CT molecular complexity index is 421. The van der Waals surface area contributed by atoms with Gasteiger partial charge in [-0.15, -0.1) is 0 Å². The second-order valence-corrected chi connectivity index (χ2v) is 5.83. The van der Waals surface area contributed by atoms with Gasteiger partial charge in [-0.05, 0) is 17.7 Å². The van der Waals surface area contributed by atoms with Gasteiger partial charge in [0, 0.05) is 26.0 Å². The summed E-state index contributed by atoms with van der Waals surface area (Å²) < 4.78 is -2.00. The molecule has 0 aromatic heterocycles. The minimum absolute atomic E-state index is 0.762. The van der Waals surface area contributed by atoms with Crippen molar-refractivity contribution in [2.45, 2.75) is 3.79 Å². The highest BCUT2D eigenvalue weighted by Gasteiger charge is 2.29. The molecule has 0 heterocycles. The van der Waals surface area contributed by atoms with Crippen molar-refractivity contribution >= 4 is 52.6 Å². The third-order valence-corrected chi connectivity index (χ3v) is 2.47. The van der Waals surface area contributed by atoms with Crippen LogP contribution in [0.2, 0.25) is 0 Å². The van der Waals surface area contributed by atoms with E-state index in [9.17, 15) is 4.79 Å². The second kappa shape index (κ2) is 5.71. The largest absolute Gasteiger partial charge is 0.378 e. The van der Waals surface area contributed by atoms with E-state index in [1.807, 2.05) is 43.3 Å². The molecular formula is C11H11Cl3N2O. The molecule has 0 aliphatic carbocycles. The molecule has 0 radical (unpaired) electrons. The van der Waals surface area contributed by atoms with Gasteiger partial charge in [-0.2, -0.15) is 0 Å². The smallest absolute Gasteiger partial charge is 0.297 e. The molecule has 1 aromatic carbocycles. The standard InChI is InChI=1S/C11H11Cl3N2O/c1-16(2)9-5-3-8(4-6-9)7-15-10(17)11(12,13)14/h3-7H,1-2H3. The first-order valence-corrected chi connectivity index (χ1v) is 5.86. The van der Waals surface area contributed by atoms with Crippen LogP contribution in [0.4, 0.5) is 5.69 Å². The van der Waals surface area contributed by atoms with Crippen LogP contribution in [-0.4, -0.2) is 30.0 Å². The van der Waals surface area contributed by atoms with Crippen LogP contribution in [0.3, 0.4) is 0 Å². The van der Waals surface area contributed by atoms with Crippen molar-refractivity contribution < 1.29 is 4.79 Å². The van der Waals surface area contributed by atoms with Crippen LogP contribution in [0.5, 0.6) is 0 Å². The van der Waals surface area contributed by atoms with Crippen molar-refractivity contribution in [1.82, 2.24) is 0 Å². The molecule has 1 aromatic rings. The van der Waals surface area contributed by atoms with Crippen LogP contribution in [0, 0.1) is 0 Å². The number of hydrogen-bond donors (Lipinski definition) is 0. The van der Waals surface area contributed by atoms with Crippen molar-refractivity contribution in [3.8, 4) is 0 Å². The summed E-state index contributed by atoms with van der Waals surface area (Å²) in [6.07, 6.45) is 1.36. The molecule has 1 rings (SSSR count). The maximum Gasteiger partial charge on any atom is 0.297 e. The number of rotatable bonds is 2. The number of amides is 1. The number of alkyl halides is 3. The molecule has 0 aliphatic heterocycles. The molecule has 6 heteroatoms. The van der Waals surface area contributed by atoms with E-state index in [2.05, 4.69) is 4.99 Å². The van der Waals surface area contributed by atoms with E-state index in [4.69, 9.17) is 34.8 Å². The molecule has 0 aliphatic rings. The summed E-state index contributed by atoms with van der Waals surface area (Å²) in [4.78, 5) is 16.7. The summed E-state index contributed by atoms with van der Waals surface area (Å²) in [6.45, 7) is 0. The zero-order valence-corrected chi connectivity index (χ0v) is 11.6. The van der Waals surface area contributed by atoms with Gasteiger partial charge in [0.05, 0.1) is 0 Å². The summed E-state index contributed by atoms with van der Waals surface area (Å²) in [7, 11) is 3.88. The molecular weight excluding hydrogens is 282 g/mol. The predicted molar refractivity (Wildman–Crippen MR) is 73.7 cm³/mol. The average molecular weight is 294 g/mol. The molecule has 0 bridgehead atoms. The molecule has 0 atom stereocenters. The van der Waals surface area contributed by atoms with E-state index < -0.39 is 9.70 Å². The second-order valence-electron chi connectivity index (χ2n) is 3.55. The van der Waals surface area contributed by atoms with Crippen LogP contribution in [0.15, 0.2) is 29.3 Å². The first kappa shape index (κ1) is 14.3. The van der Waals surface area contributed by atoms with E-state index in [1.165, 1.54) is 6.21 Å². The Kier molecular flexibility index (Phi) is 4.80. The number of aliphatic imine (C=N–C) groups is 1. The molecule has 3 nitrogen and oxygen atoms in total. The van der Waals surface area contributed by atoms with Gasteiger partial charge in [0.2, 0.25) is 0 Å². The molecule has 0 saturated carbocycles. The Morgan fingerprint density at radius 3 is 2.18 bits per heavy atom. The van der Waals surface area contributed by atoms with Crippen LogP contribution in [-0.2, 0) is 4.79 Å². The minimum atomic E-state index is -2.00. The monoisotopic (exact) mass is 292 g/mol. The summed E-state index contributed by atoms with van der Waals surface area (Å²) in [5.41, 5.74) is 1.81. The van der Waals surface area contributed by atoms with E-state index in [1.54, 1.807) is 0 Å². The van der Waals surface area contributed by atoms with Crippen LogP contribution in [0.25, 0.3) is 0 Å². The summed E-state index contributed by atoms with van der Waals surface area (Å²) in [5, 5.41) is 0. The Balaban J connectivity index is 2.76. The number of carbonyl (C=O) groups excluding carboxylic acids is 1. The Hall–Kier alpha value is -0.770. The van der Waals surface area contributed by atoms with E-state index in [0.29, 0.717) is 0 Å². The highest BCUT2D eigenvalue weighted by Crippen LogP contribution is 2.27. The normalized spacial score (nSPS) is 11.8. The van der Waals surface area contributed by atoms with Crippen molar-refractivity contribution in [2.75, 3.05) is 19.0 Å². The lowest BCUT2D eigenvalue weighted by molar-refractivity contribution is -0.116. The van der Waals surface area contributed by atoms with Crippen molar-refractivity contribution in [1.29, 1.82) is 0 Å². The molecule has 0 saturated heterocycles. The van der Waals surface area contributed by atoms with E-state index in [0.717, 1.165) is 11.3 Å². The van der Waals surface area contributed by atoms with Crippen molar-refractivity contribution in [3.05, 3.63) is 29.8 Å². The number of carbonyl (C=O) groups is 1. The molecule has 0 unspecified atom stereocenters. The summed E-state index contributed by atoms with van der Waals surface area (Å²) >= 11 is 16.1. The summed E-state index contributed by atoms with van der Waals surface area (Å²) in [6, 6.07) is 7.46. The molecule has 0 spiro atoms. The lowest BCUT2D eigenvalue weighted by Gasteiger charge is -2.11. The first-order valence-electron chi connectivity index (χ1n) is 4.73. The number of benzene rings is 1. The molecule has 92 valence electrons. The molecule has 0 N–H and O–H groups in total. The van der Waals surface area contributed by atoms with Crippen molar-refractivity contribution in [3.63, 3.8) is 0 Å². The van der Waals surface area contributed by atoms with E-state index >= 15 is 0 Å². The Morgan fingerprint density at radius 2 is 1.76 bits per heavy atom. The number of anilines is 1. The maximum atomic E-state index is 11.2. The van der Waals surface area contributed by atoms with E-state index in [-0.39, 0.29) is 0 Å². The number of nitrogens with zero attached hydrogens (tertiary/aromatic N) is 2. The highest BCUT2D eigenvalue weighted by molar-refractivity contribution is 6.76. The lowest BCUT2D eigenvalue weighted by atomic mass is 10.2. The zero-order valence-electron chi connectivity index (χ0n) is 9.32. The van der Waals surface area contributed by atoms with Gasteiger partial charge >= 0.3 is 0 Å². The topological polar surface area (TPSA) is 32.7 Å². The number of hydrogen-bond acceptors (Lipinski definition) is 2. The summed E-state index contributed by atoms with van der Waals surface area (Å²) in [5.74, 6) is -0.806. The Morgan fingerprint density at radius 1 is 1.24 bits per heavy atom. The number of halogens is 3. The molecule has 1 amide bonds. The third-order valence-electron chi connectivity index (χ3n) is 1.98. The average Bonchev–Trinajstić information content (AvgIpc) is 2.25. The van der Waals surface area contributed by atoms with Gasteiger partial charge in [-0.1, -0.05) is 46.9 Å². The zero-order chi connectivity index (χ0) is 13.1. The van der Waals surface area contributed by atoms with Gasteiger partial charge in [0.15, 0.2) is 0 Å². The van der Waals surface area contributed by atoms with Crippen molar-refractivity contribution in [2.24, 2.45) is 4.99 Å². The van der Waals surface area contributed by atoms with Gasteiger partial charge in [0.25, 0.3) is 9.70 Å². The fourth-order valence-electron chi connectivity index (χ4n) is 1.06. The van der Waals surface area contributed by atoms with Gasteiger partial charge in [0.1, 0.15) is 0 Å². The van der Waals surface area contributed by atoms with Gasteiger partial charge in [-0.3, -0.25) is 4.79 Å². The minimum Gasteiger partial charge on any atom is -0.378 e. The predicted octanol–water partition coefficient (Wildman–Crippen LogP) is 3.07. The van der Waals surface area contributed by atoms with Crippen LogP contribution in [0.1, 0.15) is 5.56 Å². The van der Waals surface area contributed by atoms with Crippen LogP contribution < -0.4 is 4.90 Å². The first-order chi connectivity index (χ1) is 7.80. The maximum absolute atomic E-state index is 11.2. The fraction of sp³-hybridized carbons (Fsp3) is 0.273. The van der Waals surface area contributed by atoms with Gasteiger partial charge in [-0.25, -0.2) is 4.99 Å². The quantitative estimate of drug-likeness (QED) is 0.620. The third kappa shape index (κ3) is 4.54. The fourth-order valence-corrected chi connectivity index (χ4v) is 1.21. The lowest BCUT2D eigenvalue weighted by Crippen LogP contribution is -2.16. The molecule has 17 heavy (non-hydrogen) atoms. The van der Waals surface area contributed by atoms with Crippen LogP contribution >= 0.6 is 34.8 Å².